The fourth-order valence-corrected chi connectivity index (χ4v) is 3.64. The Morgan fingerprint density at radius 2 is 2.04 bits per heavy atom. The molecule has 2 aromatic rings. The Morgan fingerprint density at radius 3 is 2.74 bits per heavy atom. The van der Waals surface area contributed by atoms with Crippen LogP contribution in [-0.2, 0) is 11.3 Å². The minimum absolute atomic E-state index is 0.206. The van der Waals surface area contributed by atoms with Crippen LogP contribution in [0.5, 0.6) is 0 Å². The first-order valence-corrected chi connectivity index (χ1v) is 8.81. The Balaban J connectivity index is 1.92. The Kier molecular flexibility index (Phi) is 4.86. The van der Waals surface area contributed by atoms with E-state index in [9.17, 15) is 4.79 Å². The number of benzene rings is 1. The summed E-state index contributed by atoms with van der Waals surface area (Å²) < 4.78 is 0. The van der Waals surface area contributed by atoms with Crippen molar-refractivity contribution in [3.05, 3.63) is 40.5 Å². The van der Waals surface area contributed by atoms with Gasteiger partial charge < -0.3 is 4.90 Å². The van der Waals surface area contributed by atoms with Gasteiger partial charge in [-0.25, -0.2) is 4.98 Å². The molecular weight excluding hydrogens is 308 g/mol. The molecule has 1 aromatic carbocycles. The van der Waals surface area contributed by atoms with E-state index >= 15 is 0 Å². The molecule has 0 aliphatic heterocycles. The fourth-order valence-electron chi connectivity index (χ4n) is 3.43. The summed E-state index contributed by atoms with van der Waals surface area (Å²) in [5.41, 5.74) is 3.02. The summed E-state index contributed by atoms with van der Waals surface area (Å²) in [6.45, 7) is 4.53. The van der Waals surface area contributed by atoms with Crippen molar-refractivity contribution in [2.75, 3.05) is 0 Å². The van der Waals surface area contributed by atoms with E-state index in [1.807, 2.05) is 24.8 Å². The first kappa shape index (κ1) is 16.3. The molecule has 3 nitrogen and oxygen atoms in total. The average molecular weight is 331 g/mol. The summed E-state index contributed by atoms with van der Waals surface area (Å²) in [5.74, 6) is 0.206. The maximum atomic E-state index is 12.4. The molecule has 0 saturated heterocycles. The van der Waals surface area contributed by atoms with E-state index in [2.05, 4.69) is 23.2 Å². The number of halogens is 1. The molecule has 1 heterocycles. The normalized spacial score (nSPS) is 15.3. The second kappa shape index (κ2) is 6.88. The van der Waals surface area contributed by atoms with Crippen LogP contribution in [0.2, 0.25) is 5.15 Å². The molecule has 4 heteroatoms. The van der Waals surface area contributed by atoms with Crippen molar-refractivity contribution in [3.8, 4) is 0 Å². The standard InChI is InChI=1S/C19H23ClN2O/c1-3-18(23)22(16-6-4-5-7-16)12-15-11-14-9-8-13(2)10-17(14)21-19(15)20/h8-11,16H,3-7,12H2,1-2H3. The highest BCUT2D eigenvalue weighted by Crippen LogP contribution is 2.28. The number of pyridine rings is 1. The van der Waals surface area contributed by atoms with E-state index in [1.165, 1.54) is 18.4 Å². The van der Waals surface area contributed by atoms with Gasteiger partial charge in [0.25, 0.3) is 0 Å². The average Bonchev–Trinajstić information content (AvgIpc) is 3.06. The van der Waals surface area contributed by atoms with Crippen LogP contribution in [0.25, 0.3) is 10.9 Å². The number of hydrogen-bond acceptors (Lipinski definition) is 2. The van der Waals surface area contributed by atoms with Crippen LogP contribution in [0, 0.1) is 6.92 Å². The van der Waals surface area contributed by atoms with Crippen molar-refractivity contribution in [1.82, 2.24) is 9.88 Å². The number of aryl methyl sites for hydroxylation is 1. The molecule has 0 bridgehead atoms. The maximum absolute atomic E-state index is 12.4. The summed E-state index contributed by atoms with van der Waals surface area (Å²) in [6, 6.07) is 8.62. The molecule has 1 saturated carbocycles. The summed E-state index contributed by atoms with van der Waals surface area (Å²) in [6.07, 6.45) is 5.16. The molecule has 0 radical (unpaired) electrons. The lowest BCUT2D eigenvalue weighted by Gasteiger charge is -2.29. The third-order valence-electron chi connectivity index (χ3n) is 4.73. The number of hydrogen-bond donors (Lipinski definition) is 0. The summed E-state index contributed by atoms with van der Waals surface area (Å²) in [7, 11) is 0. The van der Waals surface area contributed by atoms with Crippen molar-refractivity contribution in [2.45, 2.75) is 58.5 Å². The minimum atomic E-state index is 0.206. The van der Waals surface area contributed by atoms with Crippen LogP contribution in [0.4, 0.5) is 0 Å². The van der Waals surface area contributed by atoms with Crippen LogP contribution in [-0.4, -0.2) is 21.8 Å². The van der Waals surface area contributed by atoms with Gasteiger partial charge in [0.2, 0.25) is 5.91 Å². The molecule has 0 spiro atoms. The van der Waals surface area contributed by atoms with E-state index in [1.54, 1.807) is 0 Å². The number of amides is 1. The first-order chi connectivity index (χ1) is 11.1. The Bertz CT molecular complexity index is 723. The van der Waals surface area contributed by atoms with E-state index in [0.717, 1.165) is 29.3 Å². The molecule has 1 fully saturated rings. The lowest BCUT2D eigenvalue weighted by Crippen LogP contribution is -2.37. The predicted molar refractivity (Wildman–Crippen MR) is 94.6 cm³/mol. The van der Waals surface area contributed by atoms with Crippen LogP contribution >= 0.6 is 11.6 Å². The number of carbonyl (C=O) groups is 1. The van der Waals surface area contributed by atoms with Crippen molar-refractivity contribution >= 4 is 28.4 Å². The van der Waals surface area contributed by atoms with Gasteiger partial charge >= 0.3 is 0 Å². The van der Waals surface area contributed by atoms with E-state index in [4.69, 9.17) is 11.6 Å². The summed E-state index contributed by atoms with van der Waals surface area (Å²) >= 11 is 6.41. The number of aromatic nitrogens is 1. The lowest BCUT2D eigenvalue weighted by molar-refractivity contribution is -0.133. The number of nitrogens with zero attached hydrogens (tertiary/aromatic N) is 2. The van der Waals surface area contributed by atoms with Gasteiger partial charge in [-0.05, 0) is 37.5 Å². The van der Waals surface area contributed by atoms with Gasteiger partial charge in [0.05, 0.1) is 5.52 Å². The quantitative estimate of drug-likeness (QED) is 0.749. The molecule has 1 aliphatic rings. The molecule has 1 amide bonds. The molecule has 0 unspecified atom stereocenters. The Labute approximate surface area is 142 Å². The zero-order chi connectivity index (χ0) is 16.4. The van der Waals surface area contributed by atoms with E-state index in [-0.39, 0.29) is 5.91 Å². The number of rotatable bonds is 4. The van der Waals surface area contributed by atoms with Gasteiger partial charge in [-0.2, -0.15) is 0 Å². The van der Waals surface area contributed by atoms with Gasteiger partial charge in [0.1, 0.15) is 5.15 Å². The molecule has 23 heavy (non-hydrogen) atoms. The summed E-state index contributed by atoms with van der Waals surface area (Å²) in [5, 5.41) is 1.58. The van der Waals surface area contributed by atoms with E-state index < -0.39 is 0 Å². The molecule has 1 aromatic heterocycles. The number of carbonyl (C=O) groups excluding carboxylic acids is 1. The van der Waals surface area contributed by atoms with Crippen LogP contribution in [0.15, 0.2) is 24.3 Å². The number of fused-ring (bicyclic) bond motifs is 1. The highest BCUT2D eigenvalue weighted by molar-refractivity contribution is 6.30. The molecule has 0 N–H and O–H groups in total. The smallest absolute Gasteiger partial charge is 0.222 e. The SMILES string of the molecule is CCC(=O)N(Cc1cc2ccc(C)cc2nc1Cl)C1CCCC1. The van der Waals surface area contributed by atoms with Gasteiger partial charge in [-0.1, -0.05) is 43.5 Å². The second-order valence-corrected chi connectivity index (χ2v) is 6.81. The summed E-state index contributed by atoms with van der Waals surface area (Å²) in [4.78, 5) is 18.9. The van der Waals surface area contributed by atoms with Gasteiger partial charge in [-0.15, -0.1) is 0 Å². The third-order valence-corrected chi connectivity index (χ3v) is 5.06. The Hall–Kier alpha value is -1.61. The van der Waals surface area contributed by atoms with E-state index in [0.29, 0.717) is 24.2 Å². The van der Waals surface area contributed by atoms with Crippen LogP contribution in [0.1, 0.15) is 50.2 Å². The van der Waals surface area contributed by atoms with Crippen molar-refractivity contribution in [1.29, 1.82) is 0 Å². The zero-order valence-corrected chi connectivity index (χ0v) is 14.6. The predicted octanol–water partition coefficient (Wildman–Crippen LogP) is 4.88. The minimum Gasteiger partial charge on any atom is -0.335 e. The maximum Gasteiger partial charge on any atom is 0.222 e. The van der Waals surface area contributed by atoms with Gasteiger partial charge in [0, 0.05) is 30.0 Å². The largest absolute Gasteiger partial charge is 0.335 e. The molecule has 1 aliphatic carbocycles. The monoisotopic (exact) mass is 330 g/mol. The van der Waals surface area contributed by atoms with Crippen molar-refractivity contribution < 1.29 is 4.79 Å². The van der Waals surface area contributed by atoms with Crippen LogP contribution < -0.4 is 0 Å². The highest BCUT2D eigenvalue weighted by Gasteiger charge is 2.26. The molecule has 3 rings (SSSR count). The fraction of sp³-hybridized carbons (Fsp3) is 0.474. The van der Waals surface area contributed by atoms with Crippen molar-refractivity contribution in [3.63, 3.8) is 0 Å². The van der Waals surface area contributed by atoms with Crippen LogP contribution in [0.3, 0.4) is 0 Å². The zero-order valence-electron chi connectivity index (χ0n) is 13.8. The highest BCUT2D eigenvalue weighted by atomic mass is 35.5. The molecular formula is C19H23ClN2O. The third kappa shape index (κ3) is 3.50. The molecule has 0 atom stereocenters. The van der Waals surface area contributed by atoms with Gasteiger partial charge in [-0.3, -0.25) is 4.79 Å². The second-order valence-electron chi connectivity index (χ2n) is 6.45. The first-order valence-electron chi connectivity index (χ1n) is 8.43. The topological polar surface area (TPSA) is 33.2 Å². The Morgan fingerprint density at radius 1 is 1.30 bits per heavy atom. The van der Waals surface area contributed by atoms with Gasteiger partial charge in [0.15, 0.2) is 0 Å². The lowest BCUT2D eigenvalue weighted by atomic mass is 10.1. The molecule has 122 valence electrons. The van der Waals surface area contributed by atoms with Crippen molar-refractivity contribution in [2.24, 2.45) is 0 Å².